The van der Waals surface area contributed by atoms with Gasteiger partial charge in [-0.25, -0.2) is 0 Å². The molecule has 0 aliphatic heterocycles. The van der Waals surface area contributed by atoms with Crippen LogP contribution in [0.25, 0.3) is 0 Å². The highest BCUT2D eigenvalue weighted by molar-refractivity contribution is 6.38. The Bertz CT molecular complexity index is 73.0. The van der Waals surface area contributed by atoms with Gasteiger partial charge >= 0.3 is 0 Å². The van der Waals surface area contributed by atoms with E-state index in [1.165, 1.54) is 11.1 Å². The highest BCUT2D eigenvalue weighted by Crippen LogP contribution is 2.37. The van der Waals surface area contributed by atoms with Gasteiger partial charge in [0.05, 0.1) is 0 Å². The smallest absolute Gasteiger partial charge is 0.0201 e. The van der Waals surface area contributed by atoms with Crippen LogP contribution in [0.2, 0.25) is 24.2 Å². The van der Waals surface area contributed by atoms with Crippen molar-refractivity contribution in [3.63, 3.8) is 0 Å². The Morgan fingerprint density at radius 3 is 1.67 bits per heavy atom. The average Bonchev–Trinajstić information content (AvgIpc) is 2.34. The van der Waals surface area contributed by atoms with E-state index in [0.29, 0.717) is 19.0 Å². The van der Waals surface area contributed by atoms with Crippen LogP contribution < -0.4 is 0 Å². The molecular weight excluding hydrogens is 140 g/mol. The minimum Gasteiger partial charge on any atom is -0.0746 e. The van der Waals surface area contributed by atoms with Crippen LogP contribution in [-0.2, 0) is 0 Å². The summed E-state index contributed by atoms with van der Waals surface area (Å²) in [4.78, 5) is 0. The molecule has 0 N–H and O–H groups in total. The van der Waals surface area contributed by atoms with Crippen LogP contribution in [0.5, 0.6) is 0 Å². The van der Waals surface area contributed by atoms with Crippen LogP contribution in [0.15, 0.2) is 0 Å². The second kappa shape index (κ2) is 3.57. The van der Waals surface area contributed by atoms with Crippen LogP contribution in [0.4, 0.5) is 0 Å². The number of rotatable bonds is 2. The molecule has 2 atom stereocenters. The molecule has 1 aliphatic rings. The third-order valence-corrected chi connectivity index (χ3v) is 6.60. The van der Waals surface area contributed by atoms with Crippen molar-refractivity contribution in [2.45, 2.75) is 43.4 Å². The van der Waals surface area contributed by atoms with Crippen molar-refractivity contribution < 1.29 is 0 Å². The standard InChI is InChI=1S/C7H18Si2/c1-8-6-3-4-7(5-6)9-2/h6-7H,3-5,8-9H2,1-2H3. The first-order valence-electron chi connectivity index (χ1n) is 4.36. The number of hydrogen-bond acceptors (Lipinski definition) is 0. The Kier molecular flexibility index (Phi) is 2.99. The monoisotopic (exact) mass is 158 g/mol. The van der Waals surface area contributed by atoms with Crippen molar-refractivity contribution in [3.8, 4) is 0 Å². The Labute approximate surface area is 63.1 Å². The van der Waals surface area contributed by atoms with E-state index in [1.54, 1.807) is 19.3 Å². The van der Waals surface area contributed by atoms with E-state index in [1.807, 2.05) is 0 Å². The Morgan fingerprint density at radius 2 is 1.44 bits per heavy atom. The largest absolute Gasteiger partial charge is 0.0746 e. The average molecular weight is 158 g/mol. The zero-order valence-electron chi connectivity index (χ0n) is 6.69. The topological polar surface area (TPSA) is 0 Å². The van der Waals surface area contributed by atoms with Crippen molar-refractivity contribution in [3.05, 3.63) is 0 Å². The quantitative estimate of drug-likeness (QED) is 0.530. The molecule has 2 unspecified atom stereocenters. The molecule has 54 valence electrons. The first-order chi connectivity index (χ1) is 4.36. The fourth-order valence-corrected chi connectivity index (χ4v) is 5.29. The zero-order valence-corrected chi connectivity index (χ0v) is 9.52. The first-order valence-corrected chi connectivity index (χ1v) is 8.83. The van der Waals surface area contributed by atoms with Gasteiger partial charge < -0.3 is 0 Å². The van der Waals surface area contributed by atoms with Crippen molar-refractivity contribution in [1.29, 1.82) is 0 Å². The van der Waals surface area contributed by atoms with Gasteiger partial charge in [-0.05, 0) is 0 Å². The van der Waals surface area contributed by atoms with E-state index < -0.39 is 0 Å². The molecule has 0 bridgehead atoms. The highest BCUT2D eigenvalue weighted by Gasteiger charge is 2.21. The lowest BCUT2D eigenvalue weighted by Gasteiger charge is -2.04. The molecule has 2 heteroatoms. The van der Waals surface area contributed by atoms with Gasteiger partial charge in [-0.2, -0.15) is 0 Å². The van der Waals surface area contributed by atoms with E-state index in [4.69, 9.17) is 0 Å². The first kappa shape index (κ1) is 7.54. The van der Waals surface area contributed by atoms with Gasteiger partial charge in [0.2, 0.25) is 0 Å². The molecular formula is C7H18Si2. The van der Waals surface area contributed by atoms with Crippen LogP contribution in [0, 0.1) is 0 Å². The summed E-state index contributed by atoms with van der Waals surface area (Å²) in [5.74, 6) is 0. The third kappa shape index (κ3) is 1.93. The predicted molar refractivity (Wildman–Crippen MR) is 50.2 cm³/mol. The van der Waals surface area contributed by atoms with E-state index in [0.717, 1.165) is 0 Å². The van der Waals surface area contributed by atoms with E-state index >= 15 is 0 Å². The summed E-state index contributed by atoms with van der Waals surface area (Å²) in [5.41, 5.74) is 2.50. The van der Waals surface area contributed by atoms with Crippen LogP contribution in [0.3, 0.4) is 0 Å². The lowest BCUT2D eigenvalue weighted by Crippen LogP contribution is -1.96. The molecule has 0 aromatic rings. The maximum atomic E-state index is 2.48. The van der Waals surface area contributed by atoms with Crippen molar-refractivity contribution in [2.24, 2.45) is 0 Å². The van der Waals surface area contributed by atoms with E-state index in [2.05, 4.69) is 13.1 Å². The molecule has 0 radical (unpaired) electrons. The van der Waals surface area contributed by atoms with Gasteiger partial charge in [0, 0.05) is 19.0 Å². The van der Waals surface area contributed by atoms with Gasteiger partial charge in [0.1, 0.15) is 0 Å². The molecule has 0 aromatic carbocycles. The van der Waals surface area contributed by atoms with Crippen LogP contribution in [0.1, 0.15) is 19.3 Å². The summed E-state index contributed by atoms with van der Waals surface area (Å²) in [5, 5.41) is 0. The molecule has 1 saturated carbocycles. The van der Waals surface area contributed by atoms with Crippen LogP contribution >= 0.6 is 0 Å². The summed E-state index contributed by atoms with van der Waals surface area (Å²) in [6.45, 7) is 4.95. The second-order valence-electron chi connectivity index (χ2n) is 3.36. The molecule has 0 spiro atoms. The maximum absolute atomic E-state index is 2.48. The summed E-state index contributed by atoms with van der Waals surface area (Å²) in [6, 6.07) is 0. The Hall–Kier alpha value is 0.434. The van der Waals surface area contributed by atoms with Gasteiger partial charge in [-0.3, -0.25) is 0 Å². The lowest BCUT2D eigenvalue weighted by molar-refractivity contribution is 0.865. The Balaban J connectivity index is 2.20. The third-order valence-electron chi connectivity index (χ3n) is 2.80. The maximum Gasteiger partial charge on any atom is 0.0201 e. The van der Waals surface area contributed by atoms with Gasteiger partial charge in [0.15, 0.2) is 0 Å². The number of hydrogen-bond donors (Lipinski definition) is 0. The van der Waals surface area contributed by atoms with E-state index in [-0.39, 0.29) is 0 Å². The molecule has 1 aliphatic carbocycles. The zero-order chi connectivity index (χ0) is 6.69. The summed E-state index contributed by atoms with van der Waals surface area (Å²) in [6.07, 6.45) is 4.86. The normalized spacial score (nSPS) is 38.0. The van der Waals surface area contributed by atoms with Crippen LogP contribution in [-0.4, -0.2) is 19.0 Å². The van der Waals surface area contributed by atoms with E-state index in [9.17, 15) is 0 Å². The summed E-state index contributed by atoms with van der Waals surface area (Å²) >= 11 is 0. The lowest BCUT2D eigenvalue weighted by atomic mass is 10.4. The minimum absolute atomic E-state index is 0.372. The second-order valence-corrected chi connectivity index (χ2v) is 7.30. The minimum atomic E-state index is 0.372. The molecule has 0 saturated heterocycles. The molecule has 0 aromatic heterocycles. The van der Waals surface area contributed by atoms with Gasteiger partial charge in [-0.1, -0.05) is 43.4 Å². The van der Waals surface area contributed by atoms with Crippen molar-refractivity contribution >= 4 is 19.0 Å². The molecule has 0 heterocycles. The molecule has 0 amide bonds. The Morgan fingerprint density at radius 1 is 1.00 bits per heavy atom. The van der Waals surface area contributed by atoms with Crippen molar-refractivity contribution in [2.75, 3.05) is 0 Å². The van der Waals surface area contributed by atoms with Gasteiger partial charge in [-0.15, -0.1) is 0 Å². The highest BCUT2D eigenvalue weighted by atomic mass is 28.2. The molecule has 9 heavy (non-hydrogen) atoms. The summed E-state index contributed by atoms with van der Waals surface area (Å²) in [7, 11) is 0.743. The fourth-order valence-electron chi connectivity index (χ4n) is 1.92. The molecule has 0 nitrogen and oxygen atoms in total. The summed E-state index contributed by atoms with van der Waals surface area (Å²) < 4.78 is 0. The molecule has 1 rings (SSSR count). The van der Waals surface area contributed by atoms with Gasteiger partial charge in [0.25, 0.3) is 0 Å². The molecule has 1 fully saturated rings. The fraction of sp³-hybridized carbons (Fsp3) is 1.00. The SMILES string of the molecule is C[SiH2]C1CCC([SiH2]C)C1. The van der Waals surface area contributed by atoms with Crippen molar-refractivity contribution in [1.82, 2.24) is 0 Å². The predicted octanol–water partition coefficient (Wildman–Crippen LogP) is 1.18.